The molecule has 0 aliphatic carbocycles. The zero-order valence-electron chi connectivity index (χ0n) is 16.6. The molecule has 5 heteroatoms. The number of hydrogen-bond donors (Lipinski definition) is 0. The highest BCUT2D eigenvalue weighted by Gasteiger charge is 2.09. The lowest BCUT2D eigenvalue weighted by Crippen LogP contribution is -2.12. The molecule has 0 radical (unpaired) electrons. The number of para-hydroxylation sites is 2. The number of ether oxygens (including phenoxy) is 3. The first kappa shape index (κ1) is 20.7. The maximum Gasteiger partial charge on any atom is 0.314 e. The van der Waals surface area contributed by atoms with Crippen molar-refractivity contribution in [2.45, 2.75) is 6.42 Å². The van der Waals surface area contributed by atoms with Crippen molar-refractivity contribution >= 4 is 17.6 Å². The summed E-state index contributed by atoms with van der Waals surface area (Å²) in [4.78, 5) is 12.0. The van der Waals surface area contributed by atoms with Crippen molar-refractivity contribution in [3.05, 3.63) is 90.0 Å². The minimum absolute atomic E-state index is 0.142. The van der Waals surface area contributed by atoms with Gasteiger partial charge in [0, 0.05) is 5.56 Å². The summed E-state index contributed by atoms with van der Waals surface area (Å²) in [6.07, 6.45) is 1.90. The quantitative estimate of drug-likeness (QED) is 0.227. The Balaban J connectivity index is 1.59. The van der Waals surface area contributed by atoms with Crippen LogP contribution in [-0.2, 0) is 4.79 Å². The number of rotatable bonds is 8. The molecule has 0 aliphatic rings. The zero-order valence-corrected chi connectivity index (χ0v) is 16.6. The van der Waals surface area contributed by atoms with Crippen LogP contribution in [0.4, 0.5) is 0 Å². The van der Waals surface area contributed by atoms with Crippen LogP contribution in [-0.4, -0.2) is 19.7 Å². The number of carbonyl (C=O) groups excluding carboxylic acids is 1. The molecule has 0 spiro atoms. The van der Waals surface area contributed by atoms with Gasteiger partial charge >= 0.3 is 5.97 Å². The highest BCUT2D eigenvalue weighted by molar-refractivity contribution is 5.91. The largest absolute Gasteiger partial charge is 0.496 e. The van der Waals surface area contributed by atoms with Crippen molar-refractivity contribution in [2.24, 2.45) is 0 Å². The predicted molar refractivity (Wildman–Crippen MR) is 115 cm³/mol. The number of hydrogen-bond acceptors (Lipinski definition) is 5. The SMILES string of the molecule is COc1ccccc1/C(C#N)=C\c1ccc(OC(=O)CCOc2ccccc2)cc1. The fourth-order valence-electron chi connectivity index (χ4n) is 2.79. The highest BCUT2D eigenvalue weighted by Crippen LogP contribution is 2.27. The molecular formula is C25H21NO4. The third-order valence-electron chi connectivity index (χ3n) is 4.26. The maximum atomic E-state index is 12.0. The van der Waals surface area contributed by atoms with E-state index in [-0.39, 0.29) is 19.0 Å². The van der Waals surface area contributed by atoms with Crippen molar-refractivity contribution in [1.29, 1.82) is 5.26 Å². The Bertz CT molecular complexity index is 1050. The fraction of sp³-hybridized carbons (Fsp3) is 0.120. The summed E-state index contributed by atoms with van der Waals surface area (Å²) >= 11 is 0. The van der Waals surface area contributed by atoms with E-state index in [0.29, 0.717) is 22.8 Å². The number of esters is 1. The van der Waals surface area contributed by atoms with E-state index < -0.39 is 0 Å². The topological polar surface area (TPSA) is 68.5 Å². The van der Waals surface area contributed by atoms with Gasteiger partial charge in [-0.3, -0.25) is 4.79 Å². The first-order chi connectivity index (χ1) is 14.7. The molecule has 0 aliphatic heterocycles. The van der Waals surface area contributed by atoms with Gasteiger partial charge in [-0.25, -0.2) is 0 Å². The van der Waals surface area contributed by atoms with Crippen molar-refractivity contribution in [3.8, 4) is 23.3 Å². The molecule has 0 atom stereocenters. The van der Waals surface area contributed by atoms with Crippen LogP contribution >= 0.6 is 0 Å². The van der Waals surface area contributed by atoms with Crippen LogP contribution in [0.2, 0.25) is 0 Å². The van der Waals surface area contributed by atoms with E-state index >= 15 is 0 Å². The van der Waals surface area contributed by atoms with Crippen LogP contribution < -0.4 is 14.2 Å². The van der Waals surface area contributed by atoms with Crippen molar-refractivity contribution in [3.63, 3.8) is 0 Å². The molecule has 30 heavy (non-hydrogen) atoms. The fourth-order valence-corrected chi connectivity index (χ4v) is 2.79. The number of nitrogens with zero attached hydrogens (tertiary/aromatic N) is 1. The molecule has 5 nitrogen and oxygen atoms in total. The van der Waals surface area contributed by atoms with E-state index in [1.807, 2.05) is 54.6 Å². The van der Waals surface area contributed by atoms with E-state index in [9.17, 15) is 10.1 Å². The molecule has 3 aromatic rings. The molecule has 0 amide bonds. The maximum absolute atomic E-state index is 12.0. The number of nitriles is 1. The summed E-state index contributed by atoms with van der Waals surface area (Å²) in [7, 11) is 1.57. The van der Waals surface area contributed by atoms with E-state index in [2.05, 4.69) is 6.07 Å². The van der Waals surface area contributed by atoms with E-state index in [1.54, 1.807) is 37.5 Å². The minimum atomic E-state index is -0.374. The second-order valence-electron chi connectivity index (χ2n) is 6.32. The van der Waals surface area contributed by atoms with Gasteiger partial charge in [0.25, 0.3) is 0 Å². The predicted octanol–water partition coefficient (Wildman–Crippen LogP) is 5.13. The summed E-state index contributed by atoms with van der Waals surface area (Å²) in [6, 6.07) is 25.8. The van der Waals surface area contributed by atoms with E-state index in [4.69, 9.17) is 14.2 Å². The standard InChI is InChI=1S/C25H21NO4/c1-28-24-10-6-5-9-23(24)20(18-26)17-19-11-13-22(14-12-19)30-25(27)15-16-29-21-7-3-2-4-8-21/h2-14,17H,15-16H2,1H3/b20-17-. The molecule has 0 bridgehead atoms. The Hall–Kier alpha value is -4.04. The van der Waals surface area contributed by atoms with Crippen LogP contribution in [0.3, 0.4) is 0 Å². The first-order valence-corrected chi connectivity index (χ1v) is 9.43. The monoisotopic (exact) mass is 399 g/mol. The van der Waals surface area contributed by atoms with Gasteiger partial charge in [-0.1, -0.05) is 42.5 Å². The second-order valence-corrected chi connectivity index (χ2v) is 6.32. The molecule has 0 saturated carbocycles. The van der Waals surface area contributed by atoms with Crippen molar-refractivity contribution in [1.82, 2.24) is 0 Å². The summed E-state index contributed by atoms with van der Waals surface area (Å²) in [5, 5.41) is 9.54. The normalized spacial score (nSPS) is 10.7. The molecule has 3 aromatic carbocycles. The first-order valence-electron chi connectivity index (χ1n) is 9.43. The number of benzene rings is 3. The number of allylic oxidation sites excluding steroid dienone is 1. The lowest BCUT2D eigenvalue weighted by molar-refractivity contribution is -0.134. The van der Waals surface area contributed by atoms with Crippen LogP contribution in [0, 0.1) is 11.3 Å². The molecule has 0 aromatic heterocycles. The van der Waals surface area contributed by atoms with Crippen LogP contribution in [0.15, 0.2) is 78.9 Å². The average Bonchev–Trinajstić information content (AvgIpc) is 2.79. The van der Waals surface area contributed by atoms with Gasteiger partial charge in [0.2, 0.25) is 0 Å². The number of carbonyl (C=O) groups is 1. The van der Waals surface area contributed by atoms with Crippen LogP contribution in [0.5, 0.6) is 17.2 Å². The highest BCUT2D eigenvalue weighted by atomic mass is 16.5. The third-order valence-corrected chi connectivity index (χ3v) is 4.26. The third kappa shape index (κ3) is 5.73. The lowest BCUT2D eigenvalue weighted by atomic mass is 10.0. The average molecular weight is 399 g/mol. The van der Waals surface area contributed by atoms with Gasteiger partial charge in [-0.15, -0.1) is 0 Å². The smallest absolute Gasteiger partial charge is 0.314 e. The van der Waals surface area contributed by atoms with Gasteiger partial charge in [0.05, 0.1) is 31.8 Å². The summed E-state index contributed by atoms with van der Waals surface area (Å²) < 4.78 is 16.2. The van der Waals surface area contributed by atoms with E-state index in [1.165, 1.54) is 0 Å². The Morgan fingerprint density at radius 3 is 2.33 bits per heavy atom. The van der Waals surface area contributed by atoms with Gasteiger partial charge < -0.3 is 14.2 Å². The van der Waals surface area contributed by atoms with Gasteiger partial charge in [0.1, 0.15) is 17.2 Å². The number of methoxy groups -OCH3 is 1. The Morgan fingerprint density at radius 1 is 0.933 bits per heavy atom. The minimum Gasteiger partial charge on any atom is -0.496 e. The molecule has 0 saturated heterocycles. The molecule has 150 valence electrons. The second kappa shape index (κ2) is 10.5. The van der Waals surface area contributed by atoms with Gasteiger partial charge in [0.15, 0.2) is 0 Å². The molecule has 3 rings (SSSR count). The van der Waals surface area contributed by atoms with Gasteiger partial charge in [-0.2, -0.15) is 5.26 Å². The lowest BCUT2D eigenvalue weighted by Gasteiger charge is -2.08. The van der Waals surface area contributed by atoms with Gasteiger partial charge in [-0.05, 0) is 48.0 Å². The molecule has 0 heterocycles. The molecule has 0 unspecified atom stereocenters. The zero-order chi connectivity index (χ0) is 21.2. The summed E-state index contributed by atoms with van der Waals surface area (Å²) in [5.41, 5.74) is 2.01. The Kier molecular flexibility index (Phi) is 7.23. The molecular weight excluding hydrogens is 378 g/mol. The van der Waals surface area contributed by atoms with Crippen molar-refractivity contribution < 1.29 is 19.0 Å². The van der Waals surface area contributed by atoms with Crippen LogP contribution in [0.25, 0.3) is 11.6 Å². The molecule has 0 fully saturated rings. The van der Waals surface area contributed by atoms with Crippen LogP contribution in [0.1, 0.15) is 17.5 Å². The Morgan fingerprint density at radius 2 is 1.63 bits per heavy atom. The summed E-state index contributed by atoms with van der Waals surface area (Å²) in [5.74, 6) is 1.41. The van der Waals surface area contributed by atoms with Crippen molar-refractivity contribution in [2.75, 3.05) is 13.7 Å². The Labute approximate surface area is 175 Å². The molecule has 0 N–H and O–H groups in total. The van der Waals surface area contributed by atoms with E-state index in [0.717, 1.165) is 11.1 Å². The summed E-state index contributed by atoms with van der Waals surface area (Å²) in [6.45, 7) is 0.244.